The standard InChI is InChI=1S/C13H17FN2O2/c1-9-2-3-10(14)6-11(9)18-8-13(4-5-13)7-12(15)16-17/h2-3,6,17H,4-5,7-8H2,1H3,(H2,15,16). The minimum Gasteiger partial charge on any atom is -0.493 e. The zero-order chi connectivity index (χ0) is 13.2. The van der Waals surface area contributed by atoms with Crippen LogP contribution in [0.5, 0.6) is 5.75 Å². The molecular formula is C13H17FN2O2. The zero-order valence-electron chi connectivity index (χ0n) is 10.3. The maximum Gasteiger partial charge on any atom is 0.139 e. The molecule has 0 saturated heterocycles. The number of rotatable bonds is 5. The van der Waals surface area contributed by atoms with Gasteiger partial charge >= 0.3 is 0 Å². The number of benzene rings is 1. The fourth-order valence-corrected chi connectivity index (χ4v) is 1.93. The first kappa shape index (κ1) is 12.7. The van der Waals surface area contributed by atoms with Crippen LogP contribution in [0.25, 0.3) is 0 Å². The summed E-state index contributed by atoms with van der Waals surface area (Å²) >= 11 is 0. The van der Waals surface area contributed by atoms with E-state index in [9.17, 15) is 4.39 Å². The van der Waals surface area contributed by atoms with E-state index >= 15 is 0 Å². The second kappa shape index (κ2) is 4.84. The van der Waals surface area contributed by atoms with Crippen LogP contribution in [0.2, 0.25) is 0 Å². The van der Waals surface area contributed by atoms with Gasteiger partial charge in [-0.05, 0) is 31.4 Å². The highest BCUT2D eigenvalue weighted by Crippen LogP contribution is 2.49. The van der Waals surface area contributed by atoms with Crippen molar-refractivity contribution in [1.82, 2.24) is 0 Å². The number of hydrogen-bond donors (Lipinski definition) is 2. The Hall–Kier alpha value is -1.78. The fraction of sp³-hybridized carbons (Fsp3) is 0.462. The van der Waals surface area contributed by atoms with Crippen LogP contribution < -0.4 is 10.5 Å². The van der Waals surface area contributed by atoms with Gasteiger partial charge in [-0.1, -0.05) is 11.2 Å². The summed E-state index contributed by atoms with van der Waals surface area (Å²) in [5, 5.41) is 11.5. The lowest BCUT2D eigenvalue weighted by molar-refractivity contribution is 0.234. The monoisotopic (exact) mass is 252 g/mol. The Morgan fingerprint density at radius 1 is 1.56 bits per heavy atom. The molecule has 2 rings (SSSR count). The summed E-state index contributed by atoms with van der Waals surface area (Å²) in [6.07, 6.45) is 2.48. The Labute approximate surface area is 105 Å². The Bertz CT molecular complexity index is 470. The van der Waals surface area contributed by atoms with Crippen molar-refractivity contribution >= 4 is 5.84 Å². The number of halogens is 1. The van der Waals surface area contributed by atoms with E-state index in [2.05, 4.69) is 5.16 Å². The Morgan fingerprint density at radius 2 is 2.28 bits per heavy atom. The first-order valence-electron chi connectivity index (χ1n) is 5.90. The van der Waals surface area contributed by atoms with Gasteiger partial charge in [-0.15, -0.1) is 0 Å². The molecular weight excluding hydrogens is 235 g/mol. The molecule has 0 unspecified atom stereocenters. The molecule has 1 aliphatic carbocycles. The van der Waals surface area contributed by atoms with Crippen LogP contribution in [-0.4, -0.2) is 17.6 Å². The van der Waals surface area contributed by atoms with E-state index in [1.165, 1.54) is 12.1 Å². The third-order valence-electron chi connectivity index (χ3n) is 3.33. The lowest BCUT2D eigenvalue weighted by Crippen LogP contribution is -2.22. The molecule has 1 aromatic carbocycles. The number of nitrogens with two attached hydrogens (primary N) is 1. The number of hydrogen-bond acceptors (Lipinski definition) is 3. The maximum absolute atomic E-state index is 13.1. The molecule has 98 valence electrons. The highest BCUT2D eigenvalue weighted by molar-refractivity contribution is 5.80. The predicted molar refractivity (Wildman–Crippen MR) is 66.3 cm³/mol. The molecule has 0 aromatic heterocycles. The SMILES string of the molecule is Cc1ccc(F)cc1OCC1(C/C(N)=N/O)CC1. The highest BCUT2D eigenvalue weighted by Gasteiger charge is 2.44. The second-order valence-electron chi connectivity index (χ2n) is 4.97. The molecule has 0 radical (unpaired) electrons. The molecule has 18 heavy (non-hydrogen) atoms. The molecule has 3 N–H and O–H groups in total. The van der Waals surface area contributed by atoms with E-state index in [1.54, 1.807) is 6.07 Å². The summed E-state index contributed by atoms with van der Waals surface area (Å²) in [4.78, 5) is 0. The van der Waals surface area contributed by atoms with Gasteiger partial charge in [0.2, 0.25) is 0 Å². The molecule has 4 nitrogen and oxygen atoms in total. The molecule has 1 aromatic rings. The van der Waals surface area contributed by atoms with Gasteiger partial charge in [-0.3, -0.25) is 0 Å². The van der Waals surface area contributed by atoms with E-state index in [1.807, 2.05) is 6.92 Å². The largest absolute Gasteiger partial charge is 0.493 e. The van der Waals surface area contributed by atoms with Gasteiger partial charge in [0.25, 0.3) is 0 Å². The Balaban J connectivity index is 1.97. The number of aryl methyl sites for hydroxylation is 1. The van der Waals surface area contributed by atoms with E-state index in [0.717, 1.165) is 18.4 Å². The highest BCUT2D eigenvalue weighted by atomic mass is 19.1. The van der Waals surface area contributed by atoms with Gasteiger partial charge in [-0.2, -0.15) is 0 Å². The zero-order valence-corrected chi connectivity index (χ0v) is 10.3. The van der Waals surface area contributed by atoms with Crippen molar-refractivity contribution in [1.29, 1.82) is 0 Å². The van der Waals surface area contributed by atoms with Crippen LogP contribution in [0.3, 0.4) is 0 Å². The van der Waals surface area contributed by atoms with Gasteiger partial charge in [0.1, 0.15) is 17.4 Å². The Morgan fingerprint density at radius 3 is 2.89 bits per heavy atom. The van der Waals surface area contributed by atoms with Crippen LogP contribution in [0.4, 0.5) is 4.39 Å². The summed E-state index contributed by atoms with van der Waals surface area (Å²) in [5.41, 5.74) is 6.36. The summed E-state index contributed by atoms with van der Waals surface area (Å²) in [6, 6.07) is 4.48. The summed E-state index contributed by atoms with van der Waals surface area (Å²) in [6.45, 7) is 2.34. The molecule has 0 atom stereocenters. The number of nitrogens with zero attached hydrogens (tertiary/aromatic N) is 1. The van der Waals surface area contributed by atoms with Gasteiger partial charge in [0.05, 0.1) is 6.61 Å². The molecule has 0 spiro atoms. The normalized spacial score (nSPS) is 17.6. The van der Waals surface area contributed by atoms with Crippen molar-refractivity contribution in [3.8, 4) is 5.75 Å². The van der Waals surface area contributed by atoms with Crippen LogP contribution in [0.1, 0.15) is 24.8 Å². The number of oxime groups is 1. The first-order chi connectivity index (χ1) is 8.54. The molecule has 5 heteroatoms. The van der Waals surface area contributed by atoms with Crippen molar-refractivity contribution in [2.75, 3.05) is 6.61 Å². The average Bonchev–Trinajstić information content (AvgIpc) is 3.10. The van der Waals surface area contributed by atoms with Gasteiger partial charge in [0.15, 0.2) is 0 Å². The molecule has 1 saturated carbocycles. The molecule has 0 bridgehead atoms. The third-order valence-corrected chi connectivity index (χ3v) is 3.33. The smallest absolute Gasteiger partial charge is 0.139 e. The van der Waals surface area contributed by atoms with E-state index < -0.39 is 0 Å². The maximum atomic E-state index is 13.1. The molecule has 0 aliphatic heterocycles. The Kier molecular flexibility index (Phi) is 3.41. The van der Waals surface area contributed by atoms with Gasteiger partial charge in [0, 0.05) is 17.9 Å². The summed E-state index contributed by atoms with van der Waals surface area (Å²) < 4.78 is 18.8. The topological polar surface area (TPSA) is 67.8 Å². The predicted octanol–water partition coefficient (Wildman–Crippen LogP) is 2.43. The number of ether oxygens (including phenoxy) is 1. The lowest BCUT2D eigenvalue weighted by Gasteiger charge is -2.16. The fourth-order valence-electron chi connectivity index (χ4n) is 1.93. The molecule has 0 heterocycles. The minimum absolute atomic E-state index is 0.0466. The van der Waals surface area contributed by atoms with Crippen molar-refractivity contribution < 1.29 is 14.3 Å². The van der Waals surface area contributed by atoms with Crippen LogP contribution in [0, 0.1) is 18.2 Å². The average molecular weight is 252 g/mol. The van der Waals surface area contributed by atoms with Crippen LogP contribution >= 0.6 is 0 Å². The van der Waals surface area contributed by atoms with E-state index in [4.69, 9.17) is 15.7 Å². The van der Waals surface area contributed by atoms with E-state index in [0.29, 0.717) is 18.8 Å². The third kappa shape index (κ3) is 2.91. The van der Waals surface area contributed by atoms with Crippen molar-refractivity contribution in [3.05, 3.63) is 29.6 Å². The molecule has 0 amide bonds. The van der Waals surface area contributed by atoms with Crippen LogP contribution in [0.15, 0.2) is 23.4 Å². The van der Waals surface area contributed by atoms with E-state index in [-0.39, 0.29) is 17.1 Å². The molecule has 1 aliphatic rings. The number of amidine groups is 1. The summed E-state index contributed by atoms with van der Waals surface area (Å²) in [7, 11) is 0. The molecule has 1 fully saturated rings. The lowest BCUT2D eigenvalue weighted by atomic mass is 10.0. The van der Waals surface area contributed by atoms with Crippen LogP contribution in [-0.2, 0) is 0 Å². The van der Waals surface area contributed by atoms with Gasteiger partial charge < -0.3 is 15.7 Å². The van der Waals surface area contributed by atoms with Crippen molar-refractivity contribution in [2.24, 2.45) is 16.3 Å². The second-order valence-corrected chi connectivity index (χ2v) is 4.97. The quantitative estimate of drug-likeness (QED) is 0.366. The minimum atomic E-state index is -0.308. The first-order valence-corrected chi connectivity index (χ1v) is 5.90. The summed E-state index contributed by atoms with van der Waals surface area (Å²) in [5.74, 6) is 0.463. The van der Waals surface area contributed by atoms with Crippen molar-refractivity contribution in [2.45, 2.75) is 26.2 Å². The van der Waals surface area contributed by atoms with Crippen molar-refractivity contribution in [3.63, 3.8) is 0 Å². The van der Waals surface area contributed by atoms with Gasteiger partial charge in [-0.25, -0.2) is 4.39 Å².